The van der Waals surface area contributed by atoms with Crippen molar-refractivity contribution in [1.29, 1.82) is 0 Å². The van der Waals surface area contributed by atoms with Crippen molar-refractivity contribution in [3.63, 3.8) is 0 Å². The molecule has 0 aliphatic heterocycles. The van der Waals surface area contributed by atoms with Gasteiger partial charge in [-0.1, -0.05) is 30.3 Å². The third kappa shape index (κ3) is 6.80. The average molecular weight is 460 g/mol. The molecule has 0 radical (unpaired) electrons. The highest BCUT2D eigenvalue weighted by molar-refractivity contribution is 6.09. The lowest BCUT2D eigenvalue weighted by molar-refractivity contribution is -0.132. The highest BCUT2D eigenvalue weighted by Gasteiger charge is 2.14. The fourth-order valence-electron chi connectivity index (χ4n) is 3.07. The first-order valence-electron chi connectivity index (χ1n) is 10.4. The summed E-state index contributed by atoms with van der Waals surface area (Å²) in [4.78, 5) is 35.7. The van der Waals surface area contributed by atoms with Crippen molar-refractivity contribution in [2.45, 2.75) is 20.5 Å². The number of allylic oxidation sites excluding steroid dienone is 1. The highest BCUT2D eigenvalue weighted by Crippen LogP contribution is 2.29. The fourth-order valence-corrected chi connectivity index (χ4v) is 3.07. The number of hydrogen-bond acceptors (Lipinski definition) is 7. The molecule has 3 aromatic carbocycles. The van der Waals surface area contributed by atoms with Gasteiger partial charge in [-0.3, -0.25) is 14.4 Å². The van der Waals surface area contributed by atoms with Crippen LogP contribution in [0.25, 0.3) is 6.08 Å². The standard InChI is InChI=1S/C27H24O7/c1-18(28)33-23-11-9-21(26(16-23)34-19(2)29)10-14-25(30)24-13-12-22(31-3)15-27(24)32-17-20-7-5-4-6-8-20/h4-16H,17H2,1-3H3. The second kappa shape index (κ2) is 11.5. The van der Waals surface area contributed by atoms with Gasteiger partial charge in [-0.25, -0.2) is 0 Å². The minimum absolute atomic E-state index is 0.158. The Labute approximate surface area is 197 Å². The lowest BCUT2D eigenvalue weighted by Gasteiger charge is -2.12. The lowest BCUT2D eigenvalue weighted by Crippen LogP contribution is -2.05. The zero-order valence-electron chi connectivity index (χ0n) is 19.1. The number of carbonyl (C=O) groups excluding carboxylic acids is 3. The molecule has 0 aliphatic rings. The van der Waals surface area contributed by atoms with Gasteiger partial charge in [0.05, 0.1) is 12.7 Å². The van der Waals surface area contributed by atoms with Crippen molar-refractivity contribution in [3.05, 3.63) is 89.5 Å². The van der Waals surface area contributed by atoms with E-state index in [1.165, 1.54) is 39.2 Å². The molecule has 3 rings (SSSR count). The fraction of sp³-hybridized carbons (Fsp3) is 0.148. The molecular weight excluding hydrogens is 436 g/mol. The van der Waals surface area contributed by atoms with E-state index in [4.69, 9.17) is 18.9 Å². The molecule has 0 unspecified atom stereocenters. The van der Waals surface area contributed by atoms with Gasteiger partial charge < -0.3 is 18.9 Å². The summed E-state index contributed by atoms with van der Waals surface area (Å²) in [6.45, 7) is 2.81. The predicted octanol–water partition coefficient (Wildman–Crippen LogP) is 5.02. The number of carbonyl (C=O) groups is 3. The van der Waals surface area contributed by atoms with Crippen LogP contribution in [0, 0.1) is 0 Å². The quantitative estimate of drug-likeness (QED) is 0.192. The summed E-state index contributed by atoms with van der Waals surface area (Å²) in [6.07, 6.45) is 2.87. The van der Waals surface area contributed by atoms with E-state index >= 15 is 0 Å². The van der Waals surface area contributed by atoms with Crippen molar-refractivity contribution in [2.24, 2.45) is 0 Å². The van der Waals surface area contributed by atoms with Crippen LogP contribution < -0.4 is 18.9 Å². The predicted molar refractivity (Wildman–Crippen MR) is 126 cm³/mol. The first-order valence-corrected chi connectivity index (χ1v) is 10.4. The molecular formula is C27H24O7. The van der Waals surface area contributed by atoms with Gasteiger partial charge in [0.1, 0.15) is 29.6 Å². The van der Waals surface area contributed by atoms with Crippen molar-refractivity contribution >= 4 is 23.8 Å². The summed E-state index contributed by atoms with van der Waals surface area (Å²) >= 11 is 0. The van der Waals surface area contributed by atoms with E-state index in [1.807, 2.05) is 30.3 Å². The van der Waals surface area contributed by atoms with Gasteiger partial charge >= 0.3 is 11.9 Å². The molecule has 0 aliphatic carbocycles. The molecule has 0 amide bonds. The number of ketones is 1. The maximum Gasteiger partial charge on any atom is 0.308 e. The Balaban J connectivity index is 1.86. The third-order valence-corrected chi connectivity index (χ3v) is 4.61. The molecule has 3 aromatic rings. The van der Waals surface area contributed by atoms with Crippen LogP contribution in [-0.4, -0.2) is 24.8 Å². The van der Waals surface area contributed by atoms with Crippen LogP contribution in [0.2, 0.25) is 0 Å². The van der Waals surface area contributed by atoms with Gasteiger partial charge in [-0.15, -0.1) is 0 Å². The highest BCUT2D eigenvalue weighted by atomic mass is 16.5. The Morgan fingerprint density at radius 2 is 1.47 bits per heavy atom. The lowest BCUT2D eigenvalue weighted by atomic mass is 10.1. The van der Waals surface area contributed by atoms with Gasteiger partial charge in [-0.2, -0.15) is 0 Å². The SMILES string of the molecule is COc1ccc(C(=O)C=Cc2ccc(OC(C)=O)cc2OC(C)=O)c(OCc2ccccc2)c1. The Bertz CT molecular complexity index is 1210. The Hall–Kier alpha value is -4.39. The van der Waals surface area contributed by atoms with E-state index in [1.54, 1.807) is 30.3 Å². The van der Waals surface area contributed by atoms with Crippen molar-refractivity contribution in [3.8, 4) is 23.0 Å². The van der Waals surface area contributed by atoms with Gasteiger partial charge in [-0.05, 0) is 42.0 Å². The molecule has 0 fully saturated rings. The minimum atomic E-state index is -0.548. The van der Waals surface area contributed by atoms with Crippen LogP contribution in [0.4, 0.5) is 0 Å². The van der Waals surface area contributed by atoms with E-state index in [0.717, 1.165) is 5.56 Å². The van der Waals surface area contributed by atoms with Crippen LogP contribution >= 0.6 is 0 Å². The molecule has 7 heteroatoms. The second-order valence-electron chi connectivity index (χ2n) is 7.22. The van der Waals surface area contributed by atoms with E-state index in [0.29, 0.717) is 22.6 Å². The van der Waals surface area contributed by atoms with Crippen LogP contribution in [0.1, 0.15) is 35.3 Å². The average Bonchev–Trinajstić information content (AvgIpc) is 2.81. The van der Waals surface area contributed by atoms with E-state index in [-0.39, 0.29) is 23.9 Å². The minimum Gasteiger partial charge on any atom is -0.497 e. The summed E-state index contributed by atoms with van der Waals surface area (Å²) in [6, 6.07) is 19.1. The maximum absolute atomic E-state index is 13.0. The smallest absolute Gasteiger partial charge is 0.308 e. The molecule has 0 aromatic heterocycles. The number of methoxy groups -OCH3 is 1. The van der Waals surface area contributed by atoms with Gasteiger partial charge in [0.25, 0.3) is 0 Å². The Kier molecular flexibility index (Phi) is 8.18. The molecule has 0 spiro atoms. The largest absolute Gasteiger partial charge is 0.497 e. The van der Waals surface area contributed by atoms with Gasteiger partial charge in [0.2, 0.25) is 0 Å². The molecule has 0 saturated heterocycles. The molecule has 7 nitrogen and oxygen atoms in total. The second-order valence-corrected chi connectivity index (χ2v) is 7.22. The van der Waals surface area contributed by atoms with Crippen LogP contribution in [0.3, 0.4) is 0 Å². The van der Waals surface area contributed by atoms with Crippen molar-refractivity contribution < 1.29 is 33.3 Å². The summed E-state index contributed by atoms with van der Waals surface area (Å²) in [5, 5.41) is 0. The molecule has 0 bridgehead atoms. The maximum atomic E-state index is 13.0. The molecule has 0 saturated carbocycles. The first-order chi connectivity index (χ1) is 16.4. The van der Waals surface area contributed by atoms with E-state index in [9.17, 15) is 14.4 Å². The van der Waals surface area contributed by atoms with Gasteiger partial charge in [0, 0.05) is 31.5 Å². The summed E-state index contributed by atoms with van der Waals surface area (Å²) in [5.74, 6) is -0.0549. The zero-order valence-corrected chi connectivity index (χ0v) is 19.1. The van der Waals surface area contributed by atoms with Crippen LogP contribution in [-0.2, 0) is 16.2 Å². The molecule has 174 valence electrons. The van der Waals surface area contributed by atoms with E-state index in [2.05, 4.69) is 0 Å². The monoisotopic (exact) mass is 460 g/mol. The molecule has 0 atom stereocenters. The molecule has 34 heavy (non-hydrogen) atoms. The van der Waals surface area contributed by atoms with Crippen molar-refractivity contribution in [2.75, 3.05) is 7.11 Å². The topological polar surface area (TPSA) is 88.1 Å². The molecule has 0 N–H and O–H groups in total. The van der Waals surface area contributed by atoms with Crippen LogP contribution in [0.5, 0.6) is 23.0 Å². The molecule has 0 heterocycles. The van der Waals surface area contributed by atoms with Crippen LogP contribution in [0.15, 0.2) is 72.8 Å². The first kappa shape index (κ1) is 24.3. The normalized spacial score (nSPS) is 10.6. The number of esters is 2. The number of ether oxygens (including phenoxy) is 4. The van der Waals surface area contributed by atoms with Gasteiger partial charge in [0.15, 0.2) is 5.78 Å². The summed E-state index contributed by atoms with van der Waals surface area (Å²) in [5.41, 5.74) is 1.76. The third-order valence-electron chi connectivity index (χ3n) is 4.61. The summed E-state index contributed by atoms with van der Waals surface area (Å²) in [7, 11) is 1.54. The number of benzene rings is 3. The Morgan fingerprint density at radius 3 is 2.15 bits per heavy atom. The van der Waals surface area contributed by atoms with Crippen molar-refractivity contribution in [1.82, 2.24) is 0 Å². The Morgan fingerprint density at radius 1 is 0.794 bits per heavy atom. The number of hydrogen-bond donors (Lipinski definition) is 0. The number of rotatable bonds is 9. The van der Waals surface area contributed by atoms with E-state index < -0.39 is 11.9 Å². The zero-order chi connectivity index (χ0) is 24.5. The summed E-state index contributed by atoms with van der Waals surface area (Å²) < 4.78 is 21.4.